The summed E-state index contributed by atoms with van der Waals surface area (Å²) in [6.07, 6.45) is 1.51. The van der Waals surface area contributed by atoms with Crippen molar-refractivity contribution in [3.05, 3.63) is 64.5 Å². The lowest BCUT2D eigenvalue weighted by molar-refractivity contribution is -0.384. The van der Waals surface area contributed by atoms with Gasteiger partial charge in [-0.3, -0.25) is 14.9 Å². The van der Waals surface area contributed by atoms with Crippen molar-refractivity contribution in [1.29, 1.82) is 0 Å². The molecule has 3 heterocycles. The summed E-state index contributed by atoms with van der Waals surface area (Å²) in [7, 11) is 0. The minimum Gasteiger partial charge on any atom is -0.363 e. The molecule has 0 atom stereocenters. The molecule has 0 aliphatic carbocycles. The summed E-state index contributed by atoms with van der Waals surface area (Å²) in [5, 5.41) is 15.8. The van der Waals surface area contributed by atoms with Gasteiger partial charge in [0.25, 0.3) is 11.6 Å². The van der Waals surface area contributed by atoms with E-state index in [1.807, 2.05) is 40.1 Å². The normalized spacial score (nSPS) is 16.8. The first-order valence-electron chi connectivity index (χ1n) is 11.1. The fourth-order valence-electron chi connectivity index (χ4n) is 4.51. The predicted molar refractivity (Wildman–Crippen MR) is 126 cm³/mol. The Kier molecular flexibility index (Phi) is 5.74. The number of carbonyl (C=O) groups excluding carboxylic acids is 1. The van der Waals surface area contributed by atoms with Crippen LogP contribution in [0.3, 0.4) is 0 Å². The first-order chi connectivity index (χ1) is 16.1. The Morgan fingerprint density at radius 2 is 1.67 bits per heavy atom. The first-order valence-corrected chi connectivity index (χ1v) is 11.1. The van der Waals surface area contributed by atoms with E-state index in [0.717, 1.165) is 13.1 Å². The maximum absolute atomic E-state index is 12.8. The van der Waals surface area contributed by atoms with Crippen molar-refractivity contribution in [2.45, 2.75) is 0 Å². The molecule has 10 nitrogen and oxygen atoms in total. The molecule has 3 aromatic rings. The van der Waals surface area contributed by atoms with Crippen LogP contribution < -0.4 is 15.1 Å². The Hall–Kier alpha value is -3.79. The minimum atomic E-state index is -0.329. The first kappa shape index (κ1) is 21.1. The Morgan fingerprint density at radius 3 is 2.36 bits per heavy atom. The number of benzene rings is 2. The topological polar surface area (TPSA) is 108 Å². The zero-order valence-corrected chi connectivity index (χ0v) is 18.2. The standard InChI is InChI=1S/C23H25N7O3/c31-23(17-4-2-1-3-5-17)29-12-10-28(11-13-29)22-18-14-21(30(32)33)20(15-19(18)25-16-26-22)27-8-6-24-7-9-27/h1-5,14-16,24H,6-13H2. The van der Waals surface area contributed by atoms with Crippen LogP contribution in [0.15, 0.2) is 48.8 Å². The zero-order valence-electron chi connectivity index (χ0n) is 18.2. The second-order valence-electron chi connectivity index (χ2n) is 8.19. The van der Waals surface area contributed by atoms with Gasteiger partial charge in [-0.05, 0) is 18.2 Å². The molecule has 1 N–H and O–H groups in total. The van der Waals surface area contributed by atoms with E-state index < -0.39 is 0 Å². The van der Waals surface area contributed by atoms with Crippen LogP contribution in [0.1, 0.15) is 10.4 Å². The molecular formula is C23H25N7O3. The molecule has 170 valence electrons. The van der Waals surface area contributed by atoms with Crippen molar-refractivity contribution in [3.63, 3.8) is 0 Å². The fraction of sp³-hybridized carbons (Fsp3) is 0.348. The maximum atomic E-state index is 12.8. The van der Waals surface area contributed by atoms with Gasteiger partial charge in [-0.25, -0.2) is 9.97 Å². The van der Waals surface area contributed by atoms with Crippen LogP contribution in [0.25, 0.3) is 10.9 Å². The molecule has 0 radical (unpaired) electrons. The Morgan fingerprint density at radius 1 is 0.939 bits per heavy atom. The molecule has 2 saturated heterocycles. The average molecular weight is 447 g/mol. The van der Waals surface area contributed by atoms with Gasteiger partial charge in [-0.1, -0.05) is 18.2 Å². The van der Waals surface area contributed by atoms with Crippen molar-refractivity contribution < 1.29 is 9.72 Å². The highest BCUT2D eigenvalue weighted by Crippen LogP contribution is 2.35. The van der Waals surface area contributed by atoms with Crippen LogP contribution in [0.5, 0.6) is 0 Å². The van der Waals surface area contributed by atoms with Gasteiger partial charge >= 0.3 is 0 Å². The molecule has 1 aromatic heterocycles. The number of nitrogens with one attached hydrogen (secondary N) is 1. The van der Waals surface area contributed by atoms with Gasteiger partial charge in [0.2, 0.25) is 0 Å². The van der Waals surface area contributed by atoms with E-state index in [2.05, 4.69) is 20.2 Å². The van der Waals surface area contributed by atoms with Crippen molar-refractivity contribution in [1.82, 2.24) is 20.2 Å². The van der Waals surface area contributed by atoms with Gasteiger partial charge in [0.1, 0.15) is 17.8 Å². The number of rotatable bonds is 4. The lowest BCUT2D eigenvalue weighted by Crippen LogP contribution is -2.49. The molecule has 2 aliphatic rings. The Bertz CT molecular complexity index is 1170. The van der Waals surface area contributed by atoms with E-state index in [9.17, 15) is 14.9 Å². The van der Waals surface area contributed by atoms with Crippen molar-refractivity contribution in [3.8, 4) is 0 Å². The molecule has 1 amide bonds. The summed E-state index contributed by atoms with van der Waals surface area (Å²) in [4.78, 5) is 39.2. The van der Waals surface area contributed by atoms with E-state index in [-0.39, 0.29) is 16.5 Å². The summed E-state index contributed by atoms with van der Waals surface area (Å²) in [5.74, 6) is 0.681. The molecule has 10 heteroatoms. The smallest absolute Gasteiger partial charge is 0.293 e. The number of anilines is 2. The van der Waals surface area contributed by atoms with Crippen LogP contribution in [-0.4, -0.2) is 78.1 Å². The number of aromatic nitrogens is 2. The van der Waals surface area contributed by atoms with E-state index >= 15 is 0 Å². The summed E-state index contributed by atoms with van der Waals surface area (Å²) >= 11 is 0. The van der Waals surface area contributed by atoms with E-state index in [1.54, 1.807) is 12.1 Å². The fourth-order valence-corrected chi connectivity index (χ4v) is 4.51. The summed E-state index contributed by atoms with van der Waals surface area (Å²) in [5.41, 5.74) is 2.02. The number of nitrogens with zero attached hydrogens (tertiary/aromatic N) is 6. The molecule has 2 aromatic carbocycles. The Labute approximate surface area is 191 Å². The van der Waals surface area contributed by atoms with Gasteiger partial charge in [0.15, 0.2) is 0 Å². The minimum absolute atomic E-state index is 0.0131. The monoisotopic (exact) mass is 447 g/mol. The van der Waals surface area contributed by atoms with E-state index in [4.69, 9.17) is 0 Å². The average Bonchev–Trinajstić information content (AvgIpc) is 2.88. The molecule has 33 heavy (non-hydrogen) atoms. The highest BCUT2D eigenvalue weighted by molar-refractivity contribution is 5.96. The van der Waals surface area contributed by atoms with Gasteiger partial charge in [0.05, 0.1) is 10.4 Å². The molecular weight excluding hydrogens is 422 g/mol. The molecule has 0 spiro atoms. The number of nitro benzene ring substituents is 1. The third-order valence-electron chi connectivity index (χ3n) is 6.25. The predicted octanol–water partition coefficient (Wildman–Crippen LogP) is 1.91. The van der Waals surface area contributed by atoms with Crippen molar-refractivity contribution in [2.24, 2.45) is 0 Å². The van der Waals surface area contributed by atoms with Crippen molar-refractivity contribution >= 4 is 34.0 Å². The third kappa shape index (κ3) is 4.17. The summed E-state index contributed by atoms with van der Waals surface area (Å²) < 4.78 is 0. The molecule has 0 saturated carbocycles. The van der Waals surface area contributed by atoms with Gasteiger partial charge in [-0.15, -0.1) is 0 Å². The molecule has 0 unspecified atom stereocenters. The quantitative estimate of drug-likeness (QED) is 0.477. The Balaban J connectivity index is 1.41. The number of fused-ring (bicyclic) bond motifs is 1. The number of hydrogen-bond donors (Lipinski definition) is 1. The van der Waals surface area contributed by atoms with Crippen LogP contribution >= 0.6 is 0 Å². The van der Waals surface area contributed by atoms with Gasteiger partial charge in [0, 0.05) is 69.4 Å². The lowest BCUT2D eigenvalue weighted by Gasteiger charge is -2.36. The van der Waals surface area contributed by atoms with Crippen LogP contribution in [0.2, 0.25) is 0 Å². The van der Waals surface area contributed by atoms with Gasteiger partial charge in [-0.2, -0.15) is 0 Å². The molecule has 5 rings (SSSR count). The second-order valence-corrected chi connectivity index (χ2v) is 8.19. The number of nitro groups is 1. The van der Waals surface area contributed by atoms with Crippen LogP contribution in [0, 0.1) is 10.1 Å². The number of hydrogen-bond acceptors (Lipinski definition) is 8. The SMILES string of the molecule is O=C(c1ccccc1)N1CCN(c2ncnc3cc(N4CCNCC4)c([N+](=O)[O-])cc23)CC1. The summed E-state index contributed by atoms with van der Waals surface area (Å²) in [6, 6.07) is 12.7. The number of carbonyl (C=O) groups is 1. The van der Waals surface area contributed by atoms with E-state index in [1.165, 1.54) is 6.33 Å². The van der Waals surface area contributed by atoms with Crippen LogP contribution in [-0.2, 0) is 0 Å². The van der Waals surface area contributed by atoms with Crippen LogP contribution in [0.4, 0.5) is 17.2 Å². The largest absolute Gasteiger partial charge is 0.363 e. The molecule has 2 aliphatic heterocycles. The molecule has 0 bridgehead atoms. The van der Waals surface area contributed by atoms with Crippen molar-refractivity contribution in [2.75, 3.05) is 62.2 Å². The highest BCUT2D eigenvalue weighted by atomic mass is 16.6. The second kappa shape index (κ2) is 8.99. The summed E-state index contributed by atoms with van der Waals surface area (Å²) in [6.45, 7) is 5.30. The highest BCUT2D eigenvalue weighted by Gasteiger charge is 2.27. The number of amides is 1. The third-order valence-corrected chi connectivity index (χ3v) is 6.25. The van der Waals surface area contributed by atoms with Gasteiger partial charge < -0.3 is 20.0 Å². The zero-order chi connectivity index (χ0) is 22.8. The molecule has 2 fully saturated rings. The number of piperazine rings is 2. The lowest BCUT2D eigenvalue weighted by atomic mass is 10.1. The van der Waals surface area contributed by atoms with E-state index in [0.29, 0.717) is 67.2 Å². The maximum Gasteiger partial charge on any atom is 0.293 e.